The molecular formula is C32H41ClF2N4O3. The number of carbonyl (C=O) groups is 2. The van der Waals surface area contributed by atoms with Gasteiger partial charge in [-0.25, -0.2) is 13.6 Å². The molecule has 4 heterocycles. The van der Waals surface area contributed by atoms with Gasteiger partial charge in [-0.1, -0.05) is 42.5 Å². The van der Waals surface area contributed by atoms with E-state index < -0.39 is 12.5 Å². The largest absolute Gasteiger partial charge is 0.497 e. The summed E-state index contributed by atoms with van der Waals surface area (Å²) >= 11 is 0. The van der Waals surface area contributed by atoms with E-state index in [1.807, 2.05) is 47.4 Å². The van der Waals surface area contributed by atoms with Crippen LogP contribution >= 0.6 is 12.4 Å². The summed E-state index contributed by atoms with van der Waals surface area (Å²) in [5.41, 5.74) is 2.02. The first-order valence-electron chi connectivity index (χ1n) is 14.9. The van der Waals surface area contributed by atoms with Gasteiger partial charge in [0.25, 0.3) is 5.92 Å². The lowest BCUT2D eigenvalue weighted by molar-refractivity contribution is -0.139. The lowest BCUT2D eigenvalue weighted by atomic mass is 9.76. The second-order valence-corrected chi connectivity index (χ2v) is 12.4. The van der Waals surface area contributed by atoms with Crippen LogP contribution in [0.25, 0.3) is 0 Å². The number of likely N-dealkylation sites (tertiary alicyclic amines) is 4. The zero-order valence-corrected chi connectivity index (χ0v) is 25.0. The number of ether oxygens (including phenoxy) is 1. The highest BCUT2D eigenvalue weighted by atomic mass is 35.5. The van der Waals surface area contributed by atoms with Crippen molar-refractivity contribution in [3.05, 3.63) is 65.7 Å². The predicted octanol–water partition coefficient (Wildman–Crippen LogP) is 5.11. The van der Waals surface area contributed by atoms with Gasteiger partial charge < -0.3 is 24.3 Å². The van der Waals surface area contributed by atoms with Crippen LogP contribution in [-0.2, 0) is 11.3 Å². The number of rotatable bonds is 6. The van der Waals surface area contributed by atoms with Crippen molar-refractivity contribution in [2.75, 3.05) is 59.5 Å². The molecule has 1 unspecified atom stereocenters. The zero-order valence-electron chi connectivity index (χ0n) is 24.2. The highest BCUT2D eigenvalue weighted by molar-refractivity contribution is 5.85. The molecule has 3 amide bonds. The third-order valence-electron chi connectivity index (χ3n) is 9.82. The van der Waals surface area contributed by atoms with Crippen molar-refractivity contribution in [2.24, 2.45) is 11.3 Å². The Labute approximate surface area is 253 Å². The number of nitrogens with zero attached hydrogens (tertiary/aromatic N) is 4. The Bertz CT molecular complexity index is 1240. The Morgan fingerprint density at radius 1 is 0.905 bits per heavy atom. The van der Waals surface area contributed by atoms with E-state index in [9.17, 15) is 18.4 Å². The molecule has 0 bridgehead atoms. The summed E-state index contributed by atoms with van der Waals surface area (Å²) in [6, 6.07) is 17.9. The number of hydrogen-bond acceptors (Lipinski definition) is 4. The van der Waals surface area contributed by atoms with Gasteiger partial charge in [-0.15, -0.1) is 12.4 Å². The fourth-order valence-electron chi connectivity index (χ4n) is 7.34. The molecule has 1 spiro atoms. The Balaban J connectivity index is 0.00000353. The number of urea groups is 1. The lowest BCUT2D eigenvalue weighted by Crippen LogP contribution is -2.46. The average molecular weight is 603 g/mol. The van der Waals surface area contributed by atoms with E-state index in [-0.39, 0.29) is 54.6 Å². The molecule has 0 N–H and O–H groups in total. The summed E-state index contributed by atoms with van der Waals surface area (Å²) < 4.78 is 32.9. The van der Waals surface area contributed by atoms with E-state index in [0.29, 0.717) is 19.6 Å². The van der Waals surface area contributed by atoms with Crippen LogP contribution in [0, 0.1) is 11.3 Å². The summed E-state index contributed by atoms with van der Waals surface area (Å²) in [6.07, 6.45) is 2.33. The highest BCUT2D eigenvalue weighted by Gasteiger charge is 2.49. The van der Waals surface area contributed by atoms with Gasteiger partial charge in [-0.05, 0) is 61.5 Å². The van der Waals surface area contributed by atoms with Crippen molar-refractivity contribution in [2.45, 2.75) is 44.1 Å². The SMILES string of the molecule is COc1ccc(CN2CCC3(CCN(C[C@H]4CN(C(=O)N5CCC(F)(F)C5)CC4c4ccccc4)CC3)C2=O)cc1.Cl. The van der Waals surface area contributed by atoms with Gasteiger partial charge in [-0.2, -0.15) is 0 Å². The van der Waals surface area contributed by atoms with Crippen molar-refractivity contribution < 1.29 is 23.1 Å². The summed E-state index contributed by atoms with van der Waals surface area (Å²) in [5, 5.41) is 0. The number of amides is 3. The third-order valence-corrected chi connectivity index (χ3v) is 9.82. The van der Waals surface area contributed by atoms with Gasteiger partial charge in [0.15, 0.2) is 0 Å². The highest BCUT2D eigenvalue weighted by Crippen LogP contribution is 2.43. The molecule has 2 aromatic carbocycles. The van der Waals surface area contributed by atoms with Gasteiger partial charge in [0, 0.05) is 51.6 Å². The number of alkyl halides is 2. The summed E-state index contributed by atoms with van der Waals surface area (Å²) in [7, 11) is 1.65. The lowest BCUT2D eigenvalue weighted by Gasteiger charge is -2.39. The molecule has 0 aliphatic carbocycles. The van der Waals surface area contributed by atoms with Crippen molar-refractivity contribution in [3.8, 4) is 5.75 Å². The maximum absolute atomic E-state index is 13.8. The summed E-state index contributed by atoms with van der Waals surface area (Å²) in [4.78, 5) is 34.3. The number of benzene rings is 2. The first-order valence-corrected chi connectivity index (χ1v) is 14.9. The number of methoxy groups -OCH3 is 1. The van der Waals surface area contributed by atoms with Crippen LogP contribution in [0.4, 0.5) is 13.6 Å². The first-order chi connectivity index (χ1) is 19.7. The number of halogens is 3. The van der Waals surface area contributed by atoms with E-state index in [0.717, 1.165) is 56.8 Å². The van der Waals surface area contributed by atoms with Gasteiger partial charge >= 0.3 is 6.03 Å². The second-order valence-electron chi connectivity index (χ2n) is 12.4. The molecule has 4 aliphatic heterocycles. The Hall–Kier alpha value is -2.91. The molecule has 4 saturated heterocycles. The first kappa shape index (κ1) is 30.5. The molecule has 4 fully saturated rings. The van der Waals surface area contributed by atoms with Crippen LogP contribution in [0.3, 0.4) is 0 Å². The number of piperidine rings is 1. The van der Waals surface area contributed by atoms with Crippen LogP contribution in [0.5, 0.6) is 5.75 Å². The summed E-state index contributed by atoms with van der Waals surface area (Å²) in [6.45, 7) is 4.70. The quantitative estimate of drug-likeness (QED) is 0.461. The number of hydrogen-bond donors (Lipinski definition) is 0. The zero-order chi connectivity index (χ0) is 28.6. The molecule has 10 heteroatoms. The predicted molar refractivity (Wildman–Crippen MR) is 159 cm³/mol. The molecule has 2 aromatic rings. The fraction of sp³-hybridized carbons (Fsp3) is 0.562. The second kappa shape index (κ2) is 12.4. The Morgan fingerprint density at radius 3 is 2.24 bits per heavy atom. The van der Waals surface area contributed by atoms with Crippen molar-refractivity contribution in [3.63, 3.8) is 0 Å². The minimum absolute atomic E-state index is 0. The maximum Gasteiger partial charge on any atom is 0.320 e. The van der Waals surface area contributed by atoms with Crippen molar-refractivity contribution >= 4 is 24.3 Å². The molecule has 0 radical (unpaired) electrons. The molecule has 0 saturated carbocycles. The average Bonchev–Trinajstić information content (AvgIpc) is 3.66. The van der Waals surface area contributed by atoms with Crippen LogP contribution in [0.2, 0.25) is 0 Å². The molecule has 7 nitrogen and oxygen atoms in total. The van der Waals surface area contributed by atoms with Crippen LogP contribution in [0.1, 0.15) is 42.7 Å². The van der Waals surface area contributed by atoms with Crippen LogP contribution < -0.4 is 4.74 Å². The molecule has 228 valence electrons. The monoisotopic (exact) mass is 602 g/mol. The molecule has 0 aromatic heterocycles. The standard InChI is InChI=1S/C32H40F2N4O3.ClH/c1-41-27-9-7-24(8-10-27)19-36-17-13-31(29(36)39)11-15-35(16-12-31)20-26-21-38(22-28(26)25-5-3-2-4-6-25)30(40)37-18-14-32(33,34)23-37;/h2-10,26,28H,11-23H2,1H3;1H/t26-,28?;/m0./s1. The van der Waals surface area contributed by atoms with Gasteiger partial charge in [-0.3, -0.25) is 4.79 Å². The van der Waals surface area contributed by atoms with Gasteiger partial charge in [0.1, 0.15) is 5.75 Å². The van der Waals surface area contributed by atoms with Crippen LogP contribution in [-0.4, -0.2) is 96.9 Å². The molecular weight excluding hydrogens is 562 g/mol. The minimum atomic E-state index is -2.79. The fourth-order valence-corrected chi connectivity index (χ4v) is 7.34. The van der Waals surface area contributed by atoms with Crippen molar-refractivity contribution in [1.82, 2.24) is 19.6 Å². The van der Waals surface area contributed by atoms with E-state index >= 15 is 0 Å². The van der Waals surface area contributed by atoms with E-state index in [2.05, 4.69) is 17.0 Å². The summed E-state index contributed by atoms with van der Waals surface area (Å²) in [5.74, 6) is -1.33. The van der Waals surface area contributed by atoms with Gasteiger partial charge in [0.05, 0.1) is 19.1 Å². The van der Waals surface area contributed by atoms with Crippen LogP contribution in [0.15, 0.2) is 54.6 Å². The van der Waals surface area contributed by atoms with E-state index in [4.69, 9.17) is 4.74 Å². The van der Waals surface area contributed by atoms with E-state index in [1.54, 1.807) is 12.0 Å². The molecule has 42 heavy (non-hydrogen) atoms. The number of carbonyl (C=O) groups excluding carboxylic acids is 2. The third kappa shape index (κ3) is 6.23. The minimum Gasteiger partial charge on any atom is -0.497 e. The van der Waals surface area contributed by atoms with Gasteiger partial charge in [0.2, 0.25) is 5.91 Å². The maximum atomic E-state index is 13.8. The topological polar surface area (TPSA) is 56.3 Å². The Morgan fingerprint density at radius 2 is 1.60 bits per heavy atom. The smallest absolute Gasteiger partial charge is 0.320 e. The molecule has 6 rings (SSSR count). The molecule has 4 aliphatic rings. The van der Waals surface area contributed by atoms with E-state index in [1.165, 1.54) is 10.5 Å². The Kier molecular flexibility index (Phi) is 8.99. The normalized spacial score (nSPS) is 25.2. The molecule has 2 atom stereocenters. The van der Waals surface area contributed by atoms with Crippen molar-refractivity contribution in [1.29, 1.82) is 0 Å².